The molecule has 1 aliphatic rings. The zero-order chi connectivity index (χ0) is 22.8. The van der Waals surface area contributed by atoms with Crippen LogP contribution in [0.15, 0.2) is 42.5 Å². The van der Waals surface area contributed by atoms with Crippen LogP contribution in [0.1, 0.15) is 35.6 Å². The van der Waals surface area contributed by atoms with Crippen LogP contribution in [0.2, 0.25) is 5.02 Å². The van der Waals surface area contributed by atoms with Gasteiger partial charge in [0.1, 0.15) is 12.1 Å². The molecule has 0 radical (unpaired) electrons. The fraction of sp³-hybridized carbons (Fsp3) is 0.375. The molecule has 2 aromatic carbocycles. The lowest BCUT2D eigenvalue weighted by Crippen LogP contribution is -2.68. The van der Waals surface area contributed by atoms with Crippen molar-refractivity contribution in [1.82, 2.24) is 9.80 Å². The van der Waals surface area contributed by atoms with E-state index in [1.807, 2.05) is 32.0 Å². The molecule has 0 unspecified atom stereocenters. The Morgan fingerprint density at radius 3 is 2.19 bits per heavy atom. The SMILES string of the molecule is Cc1cc(C)cc(CC(=O)N2CC[C@@]2(C)C(=O)N(CC(=O)O)Cc2ccc(Cl)cc2)c1. The van der Waals surface area contributed by atoms with Crippen LogP contribution >= 0.6 is 11.6 Å². The number of likely N-dealkylation sites (tertiary alicyclic amines) is 1. The van der Waals surface area contributed by atoms with Crippen LogP contribution in [0.25, 0.3) is 0 Å². The minimum atomic E-state index is -1.10. The molecule has 1 N–H and O–H groups in total. The molecule has 0 aromatic heterocycles. The first-order valence-electron chi connectivity index (χ1n) is 10.2. The highest BCUT2D eigenvalue weighted by Gasteiger charge is 2.51. The second-order valence-corrected chi connectivity index (χ2v) is 8.86. The minimum absolute atomic E-state index is 0.131. The van der Waals surface area contributed by atoms with Gasteiger partial charge in [0.2, 0.25) is 11.8 Å². The van der Waals surface area contributed by atoms with E-state index in [0.29, 0.717) is 18.0 Å². The number of carbonyl (C=O) groups excluding carboxylic acids is 2. The quantitative estimate of drug-likeness (QED) is 0.710. The zero-order valence-electron chi connectivity index (χ0n) is 18.0. The van der Waals surface area contributed by atoms with E-state index in [4.69, 9.17) is 11.6 Å². The maximum absolute atomic E-state index is 13.4. The Morgan fingerprint density at radius 1 is 1.06 bits per heavy atom. The zero-order valence-corrected chi connectivity index (χ0v) is 18.8. The summed E-state index contributed by atoms with van der Waals surface area (Å²) in [5, 5.41) is 9.90. The summed E-state index contributed by atoms with van der Waals surface area (Å²) in [4.78, 5) is 40.7. The number of carboxylic acids is 1. The maximum Gasteiger partial charge on any atom is 0.323 e. The number of carboxylic acid groups (broad SMARTS) is 1. The van der Waals surface area contributed by atoms with Crippen molar-refractivity contribution in [2.45, 2.75) is 45.7 Å². The normalized spacial score (nSPS) is 17.7. The first-order chi connectivity index (χ1) is 14.6. The number of carbonyl (C=O) groups is 3. The molecule has 7 heteroatoms. The van der Waals surface area contributed by atoms with Crippen LogP contribution in [-0.2, 0) is 27.3 Å². The van der Waals surface area contributed by atoms with Gasteiger partial charge in [-0.05, 0) is 50.5 Å². The van der Waals surface area contributed by atoms with E-state index in [1.165, 1.54) is 4.90 Å². The summed E-state index contributed by atoms with van der Waals surface area (Å²) in [5.74, 6) is -1.59. The average Bonchev–Trinajstić information content (AvgIpc) is 2.65. The minimum Gasteiger partial charge on any atom is -0.480 e. The number of benzene rings is 2. The molecular formula is C24H27ClN2O4. The summed E-state index contributed by atoms with van der Waals surface area (Å²) < 4.78 is 0. The molecule has 164 valence electrons. The molecule has 1 aliphatic heterocycles. The molecule has 1 heterocycles. The maximum atomic E-state index is 13.4. The van der Waals surface area contributed by atoms with Crippen molar-refractivity contribution in [3.63, 3.8) is 0 Å². The van der Waals surface area contributed by atoms with Crippen LogP contribution in [0.4, 0.5) is 0 Å². The van der Waals surface area contributed by atoms with Gasteiger partial charge < -0.3 is 14.9 Å². The van der Waals surface area contributed by atoms with Gasteiger partial charge in [0.15, 0.2) is 0 Å². The third-order valence-corrected chi connectivity index (χ3v) is 5.97. The smallest absolute Gasteiger partial charge is 0.323 e. The predicted octanol–water partition coefficient (Wildman–Crippen LogP) is 3.60. The first kappa shape index (κ1) is 22.8. The van der Waals surface area contributed by atoms with Gasteiger partial charge in [0.25, 0.3) is 0 Å². The molecule has 31 heavy (non-hydrogen) atoms. The number of halogens is 1. The van der Waals surface area contributed by atoms with Gasteiger partial charge in [0, 0.05) is 18.1 Å². The van der Waals surface area contributed by atoms with Crippen molar-refractivity contribution >= 4 is 29.4 Å². The average molecular weight is 443 g/mol. The Kier molecular flexibility index (Phi) is 6.70. The summed E-state index contributed by atoms with van der Waals surface area (Å²) in [7, 11) is 0. The van der Waals surface area contributed by atoms with Crippen LogP contribution in [-0.4, -0.2) is 51.3 Å². The highest BCUT2D eigenvalue weighted by Crippen LogP contribution is 2.33. The highest BCUT2D eigenvalue weighted by atomic mass is 35.5. The van der Waals surface area contributed by atoms with Gasteiger partial charge in [-0.2, -0.15) is 0 Å². The van der Waals surface area contributed by atoms with Crippen molar-refractivity contribution < 1.29 is 19.5 Å². The number of rotatable bonds is 7. The molecule has 0 spiro atoms. The largest absolute Gasteiger partial charge is 0.480 e. The van der Waals surface area contributed by atoms with Gasteiger partial charge in [0.05, 0.1) is 6.42 Å². The summed E-state index contributed by atoms with van der Waals surface area (Å²) >= 11 is 5.92. The Morgan fingerprint density at radius 2 is 1.68 bits per heavy atom. The first-order valence-corrected chi connectivity index (χ1v) is 10.6. The van der Waals surface area contributed by atoms with E-state index in [9.17, 15) is 19.5 Å². The van der Waals surface area contributed by atoms with Crippen LogP contribution in [0.5, 0.6) is 0 Å². The summed E-state index contributed by atoms with van der Waals surface area (Å²) in [6.07, 6.45) is 0.711. The van der Waals surface area contributed by atoms with E-state index in [-0.39, 0.29) is 24.8 Å². The Labute approximate surface area is 187 Å². The molecule has 6 nitrogen and oxygen atoms in total. The number of aliphatic carboxylic acids is 1. The summed E-state index contributed by atoms with van der Waals surface area (Å²) in [6, 6.07) is 12.9. The number of amides is 2. The van der Waals surface area contributed by atoms with E-state index < -0.39 is 18.1 Å². The van der Waals surface area contributed by atoms with Crippen molar-refractivity contribution in [3.8, 4) is 0 Å². The third-order valence-electron chi connectivity index (χ3n) is 5.72. The number of hydrogen-bond donors (Lipinski definition) is 1. The fourth-order valence-electron chi connectivity index (χ4n) is 4.14. The van der Waals surface area contributed by atoms with Crippen LogP contribution in [0, 0.1) is 13.8 Å². The highest BCUT2D eigenvalue weighted by molar-refractivity contribution is 6.30. The van der Waals surface area contributed by atoms with E-state index in [0.717, 1.165) is 22.3 Å². The lowest BCUT2D eigenvalue weighted by molar-refractivity contribution is -0.165. The van der Waals surface area contributed by atoms with Gasteiger partial charge in [-0.3, -0.25) is 14.4 Å². The molecular weight excluding hydrogens is 416 g/mol. The van der Waals surface area contributed by atoms with Crippen molar-refractivity contribution in [2.75, 3.05) is 13.1 Å². The number of hydrogen-bond acceptors (Lipinski definition) is 3. The van der Waals surface area contributed by atoms with Crippen LogP contribution < -0.4 is 0 Å². The third kappa shape index (κ3) is 5.25. The van der Waals surface area contributed by atoms with Crippen molar-refractivity contribution in [2.24, 2.45) is 0 Å². The molecule has 0 saturated carbocycles. The standard InChI is InChI=1S/C24H27ClN2O4/c1-16-10-17(2)12-19(11-16)13-21(28)27-9-8-24(27,3)23(31)26(15-22(29)30)14-18-4-6-20(25)7-5-18/h4-7,10-12H,8-9,13-15H2,1-3H3,(H,29,30)/t24-/m0/s1. The monoisotopic (exact) mass is 442 g/mol. The van der Waals surface area contributed by atoms with Crippen molar-refractivity contribution in [1.29, 1.82) is 0 Å². The molecule has 2 amide bonds. The Bertz CT molecular complexity index is 985. The second-order valence-electron chi connectivity index (χ2n) is 8.42. The van der Waals surface area contributed by atoms with Gasteiger partial charge in [-0.1, -0.05) is 53.1 Å². The van der Waals surface area contributed by atoms with Crippen molar-refractivity contribution in [3.05, 3.63) is 69.7 Å². The molecule has 0 bridgehead atoms. The fourth-order valence-corrected chi connectivity index (χ4v) is 4.26. The van der Waals surface area contributed by atoms with Gasteiger partial charge in [-0.15, -0.1) is 0 Å². The van der Waals surface area contributed by atoms with Gasteiger partial charge in [-0.25, -0.2) is 0 Å². The lowest BCUT2D eigenvalue weighted by Gasteiger charge is -2.50. The van der Waals surface area contributed by atoms with E-state index in [1.54, 1.807) is 36.1 Å². The number of aryl methyl sites for hydroxylation is 2. The predicted molar refractivity (Wildman–Crippen MR) is 119 cm³/mol. The molecule has 1 saturated heterocycles. The van der Waals surface area contributed by atoms with Gasteiger partial charge >= 0.3 is 5.97 Å². The molecule has 1 fully saturated rings. The molecule has 1 atom stereocenters. The summed E-state index contributed by atoms with van der Waals surface area (Å²) in [6.45, 7) is 5.87. The Balaban J connectivity index is 1.77. The van der Waals surface area contributed by atoms with E-state index >= 15 is 0 Å². The lowest BCUT2D eigenvalue weighted by atomic mass is 9.84. The number of nitrogens with zero attached hydrogens (tertiary/aromatic N) is 2. The molecule has 2 aromatic rings. The van der Waals surface area contributed by atoms with Crippen LogP contribution in [0.3, 0.4) is 0 Å². The Hall–Kier alpha value is -2.86. The summed E-state index contributed by atoms with van der Waals surface area (Å²) in [5.41, 5.74) is 2.81. The second kappa shape index (κ2) is 9.10. The topological polar surface area (TPSA) is 77.9 Å². The molecule has 3 rings (SSSR count). The molecule has 0 aliphatic carbocycles. The van der Waals surface area contributed by atoms with E-state index in [2.05, 4.69) is 0 Å².